The zero-order valence-electron chi connectivity index (χ0n) is 11.5. The van der Waals surface area contributed by atoms with Crippen LogP contribution in [0.3, 0.4) is 0 Å². The number of amides is 1. The molecule has 3 aromatic rings. The molecule has 2 heterocycles. The van der Waals surface area contributed by atoms with E-state index in [-0.39, 0.29) is 5.91 Å². The van der Waals surface area contributed by atoms with Crippen molar-refractivity contribution in [1.82, 2.24) is 4.98 Å². The van der Waals surface area contributed by atoms with Crippen molar-refractivity contribution < 1.29 is 9.21 Å². The summed E-state index contributed by atoms with van der Waals surface area (Å²) in [6.07, 6.45) is 0. The highest BCUT2D eigenvalue weighted by Gasteiger charge is 2.14. The van der Waals surface area contributed by atoms with Crippen molar-refractivity contribution in [2.75, 3.05) is 5.32 Å². The highest BCUT2D eigenvalue weighted by Crippen LogP contribution is 2.25. The molecule has 1 aromatic carbocycles. The summed E-state index contributed by atoms with van der Waals surface area (Å²) in [7, 11) is 0. The number of thiazole rings is 1. The molecule has 3 rings (SSSR count). The summed E-state index contributed by atoms with van der Waals surface area (Å²) >= 11 is 1.64. The molecular formula is C15H14N2O2S. The standard InChI is InChI=1S/C15H14N2O2S/c1-8-6-12(9(2)19-8)15(18)17-11-4-5-14-13(7-11)16-10(3)20-14/h4-7H,1-3H3,(H,17,18). The van der Waals surface area contributed by atoms with Crippen LogP contribution in [0, 0.1) is 20.8 Å². The maximum atomic E-state index is 12.2. The lowest BCUT2D eigenvalue weighted by molar-refractivity contribution is 0.102. The van der Waals surface area contributed by atoms with Crippen LogP contribution in [0.5, 0.6) is 0 Å². The van der Waals surface area contributed by atoms with Gasteiger partial charge in [0.1, 0.15) is 11.5 Å². The van der Waals surface area contributed by atoms with Crippen LogP contribution in [-0.4, -0.2) is 10.9 Å². The van der Waals surface area contributed by atoms with Crippen LogP contribution in [-0.2, 0) is 0 Å². The Morgan fingerprint density at radius 2 is 2.05 bits per heavy atom. The quantitative estimate of drug-likeness (QED) is 0.772. The number of nitrogens with one attached hydrogen (secondary N) is 1. The Morgan fingerprint density at radius 3 is 2.75 bits per heavy atom. The Bertz CT molecular complexity index is 801. The molecule has 0 fully saturated rings. The average molecular weight is 286 g/mol. The van der Waals surface area contributed by atoms with Gasteiger partial charge in [0.2, 0.25) is 0 Å². The Hall–Kier alpha value is -2.14. The molecule has 2 aromatic heterocycles. The Morgan fingerprint density at radius 1 is 1.25 bits per heavy atom. The first-order chi connectivity index (χ1) is 9.52. The minimum Gasteiger partial charge on any atom is -0.466 e. The Balaban J connectivity index is 1.88. The second kappa shape index (κ2) is 4.76. The SMILES string of the molecule is Cc1cc(C(=O)Nc2ccc3sc(C)nc3c2)c(C)o1. The molecule has 0 radical (unpaired) electrons. The lowest BCUT2D eigenvalue weighted by Gasteiger charge is -2.03. The molecule has 102 valence electrons. The van der Waals surface area contributed by atoms with Crippen LogP contribution in [0.2, 0.25) is 0 Å². The van der Waals surface area contributed by atoms with E-state index in [0.29, 0.717) is 11.3 Å². The second-order valence-corrected chi connectivity index (χ2v) is 5.93. The van der Waals surface area contributed by atoms with E-state index in [9.17, 15) is 4.79 Å². The molecule has 0 unspecified atom stereocenters. The van der Waals surface area contributed by atoms with E-state index in [1.807, 2.05) is 32.0 Å². The van der Waals surface area contributed by atoms with Crippen molar-refractivity contribution in [3.63, 3.8) is 0 Å². The van der Waals surface area contributed by atoms with Gasteiger partial charge < -0.3 is 9.73 Å². The molecule has 1 amide bonds. The average Bonchev–Trinajstić information content (AvgIpc) is 2.90. The molecule has 20 heavy (non-hydrogen) atoms. The number of carbonyl (C=O) groups is 1. The van der Waals surface area contributed by atoms with Gasteiger partial charge in [-0.1, -0.05) is 0 Å². The topological polar surface area (TPSA) is 55.1 Å². The highest BCUT2D eigenvalue weighted by atomic mass is 32.1. The summed E-state index contributed by atoms with van der Waals surface area (Å²) in [6.45, 7) is 5.59. The molecule has 0 bridgehead atoms. The van der Waals surface area contributed by atoms with Gasteiger partial charge in [0.25, 0.3) is 5.91 Å². The minimum atomic E-state index is -0.161. The summed E-state index contributed by atoms with van der Waals surface area (Å²) in [5.74, 6) is 1.20. The predicted octanol–water partition coefficient (Wildman–Crippen LogP) is 4.07. The van der Waals surface area contributed by atoms with Gasteiger partial charge >= 0.3 is 0 Å². The smallest absolute Gasteiger partial charge is 0.259 e. The van der Waals surface area contributed by atoms with Crippen LogP contribution in [0.1, 0.15) is 26.9 Å². The van der Waals surface area contributed by atoms with Gasteiger partial charge in [-0.3, -0.25) is 4.79 Å². The maximum Gasteiger partial charge on any atom is 0.259 e. The zero-order chi connectivity index (χ0) is 14.3. The normalized spacial score (nSPS) is 10.9. The van der Waals surface area contributed by atoms with Crippen molar-refractivity contribution in [2.24, 2.45) is 0 Å². The van der Waals surface area contributed by atoms with Crippen LogP contribution in [0.4, 0.5) is 5.69 Å². The number of fused-ring (bicyclic) bond motifs is 1. The van der Waals surface area contributed by atoms with Gasteiger partial charge in [0, 0.05) is 5.69 Å². The zero-order valence-corrected chi connectivity index (χ0v) is 12.3. The molecule has 0 atom stereocenters. The first-order valence-electron chi connectivity index (χ1n) is 6.28. The lowest BCUT2D eigenvalue weighted by atomic mass is 10.2. The van der Waals surface area contributed by atoms with Crippen LogP contribution in [0.25, 0.3) is 10.2 Å². The summed E-state index contributed by atoms with van der Waals surface area (Å²) in [5, 5.41) is 3.90. The van der Waals surface area contributed by atoms with Gasteiger partial charge in [0.05, 0.1) is 20.8 Å². The number of hydrogen-bond donors (Lipinski definition) is 1. The Kier molecular flexibility index (Phi) is 3.06. The van der Waals surface area contributed by atoms with E-state index in [1.54, 1.807) is 24.3 Å². The van der Waals surface area contributed by atoms with Gasteiger partial charge in [-0.25, -0.2) is 4.98 Å². The second-order valence-electron chi connectivity index (χ2n) is 4.70. The molecule has 0 aliphatic carbocycles. The molecule has 0 spiro atoms. The third kappa shape index (κ3) is 2.32. The molecular weight excluding hydrogens is 272 g/mol. The van der Waals surface area contributed by atoms with Crippen molar-refractivity contribution in [3.05, 3.63) is 46.4 Å². The maximum absolute atomic E-state index is 12.2. The van der Waals surface area contributed by atoms with E-state index >= 15 is 0 Å². The van der Waals surface area contributed by atoms with E-state index in [4.69, 9.17) is 4.42 Å². The van der Waals surface area contributed by atoms with Gasteiger partial charge in [-0.2, -0.15) is 0 Å². The fourth-order valence-corrected chi connectivity index (χ4v) is 2.98. The first kappa shape index (κ1) is 12.9. The molecule has 0 aliphatic heterocycles. The van der Waals surface area contributed by atoms with E-state index in [1.165, 1.54) is 0 Å². The highest BCUT2D eigenvalue weighted by molar-refractivity contribution is 7.18. The fourth-order valence-electron chi connectivity index (χ4n) is 2.18. The molecule has 0 aliphatic rings. The summed E-state index contributed by atoms with van der Waals surface area (Å²) in [5.41, 5.74) is 2.22. The van der Waals surface area contributed by atoms with Crippen LogP contribution >= 0.6 is 11.3 Å². The first-order valence-corrected chi connectivity index (χ1v) is 7.10. The number of furan rings is 1. The fraction of sp³-hybridized carbons (Fsp3) is 0.200. The largest absolute Gasteiger partial charge is 0.466 e. The summed E-state index contributed by atoms with van der Waals surface area (Å²) in [6, 6.07) is 7.50. The predicted molar refractivity (Wildman–Crippen MR) is 80.5 cm³/mol. The monoisotopic (exact) mass is 286 g/mol. The number of benzene rings is 1. The van der Waals surface area contributed by atoms with E-state index in [0.717, 1.165) is 26.7 Å². The van der Waals surface area contributed by atoms with E-state index < -0.39 is 0 Å². The number of aromatic nitrogens is 1. The molecule has 0 saturated carbocycles. The number of anilines is 1. The van der Waals surface area contributed by atoms with E-state index in [2.05, 4.69) is 10.3 Å². The van der Waals surface area contributed by atoms with Gasteiger partial charge in [-0.15, -0.1) is 11.3 Å². The lowest BCUT2D eigenvalue weighted by Crippen LogP contribution is -2.11. The van der Waals surface area contributed by atoms with Crippen LogP contribution in [0.15, 0.2) is 28.7 Å². The van der Waals surface area contributed by atoms with Crippen LogP contribution < -0.4 is 5.32 Å². The van der Waals surface area contributed by atoms with Crippen molar-refractivity contribution in [3.8, 4) is 0 Å². The molecule has 0 saturated heterocycles. The minimum absolute atomic E-state index is 0.161. The number of nitrogens with zero attached hydrogens (tertiary/aromatic N) is 1. The third-order valence-corrected chi connectivity index (χ3v) is 3.99. The molecule has 1 N–H and O–H groups in total. The number of aryl methyl sites for hydroxylation is 3. The number of carbonyl (C=O) groups excluding carboxylic acids is 1. The number of rotatable bonds is 2. The number of hydrogen-bond acceptors (Lipinski definition) is 4. The molecule has 4 nitrogen and oxygen atoms in total. The van der Waals surface area contributed by atoms with Gasteiger partial charge in [-0.05, 0) is 45.0 Å². The third-order valence-electron chi connectivity index (χ3n) is 3.04. The summed E-state index contributed by atoms with van der Waals surface area (Å²) in [4.78, 5) is 16.6. The molecule has 5 heteroatoms. The van der Waals surface area contributed by atoms with Crippen molar-refractivity contribution in [1.29, 1.82) is 0 Å². The summed E-state index contributed by atoms with van der Waals surface area (Å²) < 4.78 is 6.50. The van der Waals surface area contributed by atoms with Crippen molar-refractivity contribution >= 4 is 33.1 Å². The Labute approximate surface area is 120 Å². The van der Waals surface area contributed by atoms with Crippen molar-refractivity contribution in [2.45, 2.75) is 20.8 Å². The van der Waals surface area contributed by atoms with Gasteiger partial charge in [0.15, 0.2) is 0 Å².